The first-order valence-corrected chi connectivity index (χ1v) is 26.0. The van der Waals surface area contributed by atoms with Crippen LogP contribution in [0.5, 0.6) is 5.88 Å². The molecule has 0 radical (unpaired) electrons. The Labute approximate surface area is 455 Å². The molecule has 3 N–H and O–H groups in total. The minimum absolute atomic E-state index is 0. The number of amides is 2. The van der Waals surface area contributed by atoms with Crippen molar-refractivity contribution in [1.82, 2.24) is 40.8 Å². The van der Waals surface area contributed by atoms with E-state index in [-0.39, 0.29) is 57.2 Å². The van der Waals surface area contributed by atoms with Gasteiger partial charge < -0.3 is 34.1 Å². The molecule has 3 aromatic heterocycles. The van der Waals surface area contributed by atoms with E-state index in [0.29, 0.717) is 102 Å². The van der Waals surface area contributed by atoms with E-state index in [9.17, 15) is 22.6 Å². The van der Waals surface area contributed by atoms with E-state index >= 15 is 0 Å². The summed E-state index contributed by atoms with van der Waals surface area (Å²) in [5, 5.41) is 22.3. The van der Waals surface area contributed by atoms with Crippen LogP contribution >= 0.6 is 0 Å². The van der Waals surface area contributed by atoms with Gasteiger partial charge in [-0.1, -0.05) is 92.7 Å². The standard InChI is InChI=1S/C53H66N10O9S.Na/c1-53(2,26-12-14-32-72-50-38-45(41-17-5-3-6-18-41)37-46(58-50)42-19-7-4-8-20-42)52-60-61-62-63(52)29-13-11-23-49(64)54-27-15-30-69-33-35-71-36-34-70-31-16-28-55-51(65)44-24-25-48(56-39-44)59-57-40-43-21-9-10-22-47(43)73(66,67)68;/h3-10,17-22,24-25,37-40H,11-16,23,26-36H2,1-2H3,(H,54,64)(H,55,65)(H,56,59)(H,66,67,68);/q;+1/p-1/b57-40+;. The third-order valence-electron chi connectivity index (χ3n) is 11.5. The molecule has 0 spiro atoms. The number of nitrogens with zero attached hydrogens (tertiary/aromatic N) is 7. The largest absolute Gasteiger partial charge is 1.00 e. The molecule has 0 aliphatic carbocycles. The van der Waals surface area contributed by atoms with Gasteiger partial charge in [0.05, 0.1) is 55.4 Å². The van der Waals surface area contributed by atoms with E-state index in [1.807, 2.05) is 47.1 Å². The molecule has 0 bridgehead atoms. The van der Waals surface area contributed by atoms with Gasteiger partial charge in [-0.05, 0) is 90.8 Å². The number of hydrogen-bond acceptors (Lipinski definition) is 16. The Morgan fingerprint density at radius 3 is 2.08 bits per heavy atom. The van der Waals surface area contributed by atoms with Gasteiger partial charge in [0.25, 0.3) is 5.91 Å². The van der Waals surface area contributed by atoms with Gasteiger partial charge in [0.1, 0.15) is 15.9 Å². The van der Waals surface area contributed by atoms with Crippen LogP contribution in [0.25, 0.3) is 22.4 Å². The average Bonchev–Trinajstić information content (AvgIpc) is 3.89. The van der Waals surface area contributed by atoms with Crippen LogP contribution in [-0.4, -0.2) is 121 Å². The summed E-state index contributed by atoms with van der Waals surface area (Å²) in [6, 6.07) is 33.3. The molecule has 0 saturated carbocycles. The summed E-state index contributed by atoms with van der Waals surface area (Å²) in [4.78, 5) is 33.5. The van der Waals surface area contributed by atoms with E-state index in [1.165, 1.54) is 30.6 Å². The molecule has 6 aromatic rings. The Kier molecular flexibility index (Phi) is 25.2. The van der Waals surface area contributed by atoms with Gasteiger partial charge in [0.15, 0.2) is 5.82 Å². The topological polar surface area (TPSA) is 246 Å². The van der Waals surface area contributed by atoms with E-state index in [0.717, 1.165) is 60.3 Å². The van der Waals surface area contributed by atoms with Gasteiger partial charge in [-0.15, -0.1) is 5.10 Å². The maximum atomic E-state index is 12.5. The number of tetrazole rings is 1. The summed E-state index contributed by atoms with van der Waals surface area (Å²) in [5.74, 6) is 1.48. The van der Waals surface area contributed by atoms with Gasteiger partial charge >= 0.3 is 29.6 Å². The van der Waals surface area contributed by atoms with Gasteiger partial charge in [0, 0.05) is 68.1 Å². The fraction of sp³-hybridized carbons (Fsp3) is 0.396. The first-order chi connectivity index (χ1) is 35.5. The zero-order valence-corrected chi connectivity index (χ0v) is 45.3. The fourth-order valence-electron chi connectivity index (χ4n) is 7.57. The number of carbonyl (C=O) groups is 2. The van der Waals surface area contributed by atoms with E-state index in [1.54, 1.807) is 18.2 Å². The minimum atomic E-state index is -4.65. The third kappa shape index (κ3) is 20.4. The summed E-state index contributed by atoms with van der Waals surface area (Å²) < 4.78 is 59.1. The predicted molar refractivity (Wildman–Crippen MR) is 276 cm³/mol. The number of anilines is 1. The quantitative estimate of drug-likeness (QED) is 0.0172. The fourth-order valence-corrected chi connectivity index (χ4v) is 8.22. The van der Waals surface area contributed by atoms with Crippen LogP contribution in [0.4, 0.5) is 5.82 Å². The van der Waals surface area contributed by atoms with Crippen LogP contribution in [0, 0.1) is 0 Å². The smallest absolute Gasteiger partial charge is 0.744 e. The van der Waals surface area contributed by atoms with Crippen LogP contribution in [0.15, 0.2) is 125 Å². The molecule has 0 atom stereocenters. The molecule has 74 heavy (non-hydrogen) atoms. The number of carbonyl (C=O) groups excluding carboxylic acids is 2. The van der Waals surface area contributed by atoms with E-state index in [2.05, 4.69) is 85.8 Å². The number of ether oxygens (including phenoxy) is 4. The molecule has 21 heteroatoms. The second kappa shape index (κ2) is 31.7. The molecule has 388 valence electrons. The van der Waals surface area contributed by atoms with Crippen molar-refractivity contribution in [2.24, 2.45) is 5.10 Å². The number of pyridine rings is 2. The zero-order valence-electron chi connectivity index (χ0n) is 42.5. The summed E-state index contributed by atoms with van der Waals surface area (Å²) in [7, 11) is -4.65. The third-order valence-corrected chi connectivity index (χ3v) is 12.4. The van der Waals surface area contributed by atoms with Crippen molar-refractivity contribution in [1.29, 1.82) is 0 Å². The van der Waals surface area contributed by atoms with Crippen LogP contribution < -0.4 is 50.4 Å². The molecule has 0 aliphatic rings. The molecular weight excluding hydrogens is 976 g/mol. The number of nitrogens with one attached hydrogen (secondary N) is 3. The Morgan fingerprint density at radius 1 is 0.730 bits per heavy atom. The van der Waals surface area contributed by atoms with Gasteiger partial charge in [-0.2, -0.15) is 5.10 Å². The van der Waals surface area contributed by atoms with Crippen molar-refractivity contribution in [3.8, 4) is 28.3 Å². The molecule has 0 aliphatic heterocycles. The first kappa shape index (κ1) is 58.9. The number of benzene rings is 3. The first-order valence-electron chi connectivity index (χ1n) is 24.6. The van der Waals surface area contributed by atoms with Crippen molar-refractivity contribution in [3.05, 3.63) is 132 Å². The number of hydrazone groups is 1. The van der Waals surface area contributed by atoms with Crippen molar-refractivity contribution in [3.63, 3.8) is 0 Å². The zero-order chi connectivity index (χ0) is 51.6. The van der Waals surface area contributed by atoms with Crippen molar-refractivity contribution < 1.29 is 71.1 Å². The van der Waals surface area contributed by atoms with Crippen LogP contribution in [-0.2, 0) is 41.1 Å². The molecule has 19 nitrogen and oxygen atoms in total. The summed E-state index contributed by atoms with van der Waals surface area (Å²) in [5.41, 5.74) is 6.97. The molecule has 3 aromatic carbocycles. The second-order valence-electron chi connectivity index (χ2n) is 17.6. The SMILES string of the molecule is CC(C)(CCCCOc1cc(-c2ccccc2)cc(-c2ccccc2)n1)c1nnnn1CCCCC(=O)NCCCOCCOCCOCCCNC(=O)c1ccc(N/N=C/c2ccccc2S(=O)(=O)[O-])nc1.[Na+]. The Morgan fingerprint density at radius 2 is 1.39 bits per heavy atom. The number of hydrogen-bond donors (Lipinski definition) is 3. The van der Waals surface area contributed by atoms with Crippen molar-refractivity contribution in [2.75, 3.05) is 64.8 Å². The second-order valence-corrected chi connectivity index (χ2v) is 19.0. The molecule has 3 heterocycles. The number of aromatic nitrogens is 6. The van der Waals surface area contributed by atoms with Crippen molar-refractivity contribution >= 4 is 34.0 Å². The van der Waals surface area contributed by atoms with E-state index in [4.69, 9.17) is 23.9 Å². The summed E-state index contributed by atoms with van der Waals surface area (Å²) in [6.45, 7) is 9.08. The maximum absolute atomic E-state index is 12.5. The van der Waals surface area contributed by atoms with E-state index < -0.39 is 10.1 Å². The number of unbranched alkanes of at least 4 members (excludes halogenated alkanes) is 2. The molecule has 6 rings (SSSR count). The van der Waals surface area contributed by atoms with Gasteiger partial charge in [-0.3, -0.25) is 15.0 Å². The number of aryl methyl sites for hydroxylation is 1. The Hall–Kier alpha value is -5.97. The molecule has 0 fully saturated rings. The number of rotatable bonds is 33. The molecule has 0 unspecified atom stereocenters. The van der Waals surface area contributed by atoms with Crippen LogP contribution in [0.2, 0.25) is 0 Å². The summed E-state index contributed by atoms with van der Waals surface area (Å²) in [6.07, 6.45) is 8.48. The molecule has 0 saturated heterocycles. The monoisotopic (exact) mass is 1040 g/mol. The normalized spacial score (nSPS) is 11.6. The Bertz CT molecular complexity index is 2690. The Balaban J connectivity index is 0.0000101. The van der Waals surface area contributed by atoms with Gasteiger partial charge in [0.2, 0.25) is 11.8 Å². The minimum Gasteiger partial charge on any atom is -0.744 e. The van der Waals surface area contributed by atoms with Crippen LogP contribution in [0.1, 0.15) is 87.0 Å². The molecule has 2 amide bonds. The summed E-state index contributed by atoms with van der Waals surface area (Å²) >= 11 is 0. The van der Waals surface area contributed by atoms with Gasteiger partial charge in [-0.25, -0.2) is 23.1 Å². The average molecular weight is 1040 g/mol. The maximum Gasteiger partial charge on any atom is 1.00 e. The van der Waals surface area contributed by atoms with Crippen molar-refractivity contribution in [2.45, 2.75) is 82.1 Å². The molecular formula is C53H65N10NaO9S. The van der Waals surface area contributed by atoms with Crippen LogP contribution in [0.3, 0.4) is 0 Å². The predicted octanol–water partition coefficient (Wildman–Crippen LogP) is 4.22.